The Kier molecular flexibility index (Phi) is 2.04. The zero-order valence-electron chi connectivity index (χ0n) is 6.09. The Balaban J connectivity index is 2.12. The normalized spacial score (nSPS) is 30.0. The standard InChI is InChI=1S/C8H10BrNS/c9-7-1-2-11-8(7)5-3-6(10)4-5/h1-2,5-6H,3-4,10H2. The molecular weight excluding hydrogens is 222 g/mol. The fraction of sp³-hybridized carbons (Fsp3) is 0.500. The van der Waals surface area contributed by atoms with Crippen molar-refractivity contribution in [2.45, 2.75) is 24.8 Å². The van der Waals surface area contributed by atoms with Crippen LogP contribution < -0.4 is 5.73 Å². The summed E-state index contributed by atoms with van der Waals surface area (Å²) < 4.78 is 1.26. The predicted molar refractivity (Wildman–Crippen MR) is 52.0 cm³/mol. The third-order valence-electron chi connectivity index (χ3n) is 2.19. The van der Waals surface area contributed by atoms with Crippen LogP contribution in [0.15, 0.2) is 15.9 Å². The predicted octanol–water partition coefficient (Wildman–Crippen LogP) is 2.72. The van der Waals surface area contributed by atoms with Gasteiger partial charge in [-0.25, -0.2) is 0 Å². The molecule has 0 aromatic carbocycles. The van der Waals surface area contributed by atoms with Gasteiger partial charge in [-0.3, -0.25) is 0 Å². The van der Waals surface area contributed by atoms with Crippen LogP contribution in [0.5, 0.6) is 0 Å². The maximum absolute atomic E-state index is 5.71. The Morgan fingerprint density at radius 3 is 2.73 bits per heavy atom. The van der Waals surface area contributed by atoms with Crippen molar-refractivity contribution in [2.24, 2.45) is 5.73 Å². The molecule has 2 rings (SSSR count). The zero-order valence-corrected chi connectivity index (χ0v) is 8.49. The lowest BCUT2D eigenvalue weighted by Gasteiger charge is -2.31. The van der Waals surface area contributed by atoms with Crippen LogP contribution in [0.25, 0.3) is 0 Å². The smallest absolute Gasteiger partial charge is 0.0317 e. The highest BCUT2D eigenvalue weighted by Crippen LogP contribution is 2.41. The molecule has 0 radical (unpaired) electrons. The largest absolute Gasteiger partial charge is 0.328 e. The molecule has 1 nitrogen and oxygen atoms in total. The Hall–Kier alpha value is 0.140. The Morgan fingerprint density at radius 1 is 1.55 bits per heavy atom. The summed E-state index contributed by atoms with van der Waals surface area (Å²) >= 11 is 5.36. The van der Waals surface area contributed by atoms with Crippen molar-refractivity contribution in [3.05, 3.63) is 20.8 Å². The molecule has 1 aromatic rings. The van der Waals surface area contributed by atoms with Gasteiger partial charge in [-0.15, -0.1) is 11.3 Å². The first-order valence-corrected chi connectivity index (χ1v) is 5.43. The van der Waals surface area contributed by atoms with Crippen molar-refractivity contribution < 1.29 is 0 Å². The number of hydrogen-bond donors (Lipinski definition) is 1. The van der Waals surface area contributed by atoms with Crippen molar-refractivity contribution in [1.29, 1.82) is 0 Å². The molecule has 60 valence electrons. The molecule has 3 heteroatoms. The average Bonchev–Trinajstić information content (AvgIpc) is 2.29. The molecule has 11 heavy (non-hydrogen) atoms. The first kappa shape index (κ1) is 7.77. The van der Waals surface area contributed by atoms with Gasteiger partial charge >= 0.3 is 0 Å². The molecule has 0 saturated heterocycles. The minimum atomic E-state index is 0.453. The van der Waals surface area contributed by atoms with E-state index in [2.05, 4.69) is 27.4 Å². The van der Waals surface area contributed by atoms with Crippen molar-refractivity contribution >= 4 is 27.3 Å². The molecular formula is C8H10BrNS. The lowest BCUT2D eigenvalue weighted by atomic mass is 9.80. The van der Waals surface area contributed by atoms with E-state index in [-0.39, 0.29) is 0 Å². The molecule has 0 amide bonds. The van der Waals surface area contributed by atoms with Gasteiger partial charge in [0.25, 0.3) is 0 Å². The molecule has 1 aromatic heterocycles. The summed E-state index contributed by atoms with van der Waals surface area (Å²) in [5.41, 5.74) is 5.71. The quantitative estimate of drug-likeness (QED) is 0.791. The topological polar surface area (TPSA) is 26.0 Å². The lowest BCUT2D eigenvalue weighted by Crippen LogP contribution is -2.34. The average molecular weight is 232 g/mol. The number of thiophene rings is 1. The maximum Gasteiger partial charge on any atom is 0.0317 e. The van der Waals surface area contributed by atoms with Crippen molar-refractivity contribution in [2.75, 3.05) is 0 Å². The van der Waals surface area contributed by atoms with Crippen LogP contribution >= 0.6 is 27.3 Å². The van der Waals surface area contributed by atoms with Crippen LogP contribution in [0.4, 0.5) is 0 Å². The molecule has 0 bridgehead atoms. The van der Waals surface area contributed by atoms with E-state index in [0.29, 0.717) is 6.04 Å². The van der Waals surface area contributed by atoms with Gasteiger partial charge in [0.05, 0.1) is 0 Å². The second-order valence-electron chi connectivity index (χ2n) is 3.06. The monoisotopic (exact) mass is 231 g/mol. The summed E-state index contributed by atoms with van der Waals surface area (Å²) in [7, 11) is 0. The van der Waals surface area contributed by atoms with Gasteiger partial charge < -0.3 is 5.73 Å². The summed E-state index contributed by atoms with van der Waals surface area (Å²) in [5.74, 6) is 0.736. The highest BCUT2D eigenvalue weighted by molar-refractivity contribution is 9.10. The highest BCUT2D eigenvalue weighted by Gasteiger charge is 2.29. The molecule has 1 aliphatic carbocycles. The summed E-state index contributed by atoms with van der Waals surface area (Å²) in [6.45, 7) is 0. The third kappa shape index (κ3) is 1.37. The van der Waals surface area contributed by atoms with Crippen LogP contribution in [0.3, 0.4) is 0 Å². The van der Waals surface area contributed by atoms with Gasteiger partial charge in [-0.2, -0.15) is 0 Å². The molecule has 2 N–H and O–H groups in total. The Bertz CT molecular complexity index is 252. The van der Waals surface area contributed by atoms with E-state index in [0.717, 1.165) is 5.92 Å². The molecule has 1 fully saturated rings. The zero-order chi connectivity index (χ0) is 7.84. The summed E-state index contributed by atoms with van der Waals surface area (Å²) in [4.78, 5) is 1.48. The highest BCUT2D eigenvalue weighted by atomic mass is 79.9. The van der Waals surface area contributed by atoms with Crippen molar-refractivity contribution in [3.8, 4) is 0 Å². The van der Waals surface area contributed by atoms with Crippen LogP contribution in [0, 0.1) is 0 Å². The maximum atomic E-state index is 5.71. The first-order chi connectivity index (χ1) is 5.27. The van der Waals surface area contributed by atoms with Crippen LogP contribution in [-0.2, 0) is 0 Å². The van der Waals surface area contributed by atoms with Gasteiger partial charge in [0.15, 0.2) is 0 Å². The van der Waals surface area contributed by atoms with Crippen molar-refractivity contribution in [1.82, 2.24) is 0 Å². The van der Waals surface area contributed by atoms with E-state index in [1.807, 2.05) is 11.3 Å². The number of nitrogens with two attached hydrogens (primary N) is 1. The number of hydrogen-bond acceptors (Lipinski definition) is 2. The van der Waals surface area contributed by atoms with Gasteiger partial charge in [0.2, 0.25) is 0 Å². The van der Waals surface area contributed by atoms with E-state index >= 15 is 0 Å². The van der Waals surface area contributed by atoms with E-state index in [9.17, 15) is 0 Å². The summed E-state index contributed by atoms with van der Waals surface area (Å²) in [5, 5.41) is 2.13. The molecule has 0 spiro atoms. The van der Waals surface area contributed by atoms with Gasteiger partial charge in [-0.05, 0) is 46.1 Å². The summed E-state index contributed by atoms with van der Waals surface area (Å²) in [6.07, 6.45) is 2.33. The molecule has 1 saturated carbocycles. The van der Waals surface area contributed by atoms with E-state index in [1.165, 1.54) is 22.2 Å². The minimum absolute atomic E-state index is 0.453. The minimum Gasteiger partial charge on any atom is -0.328 e. The third-order valence-corrected chi connectivity index (χ3v) is 4.22. The summed E-state index contributed by atoms with van der Waals surface area (Å²) in [6, 6.07) is 2.57. The Labute approximate surface area is 78.7 Å². The van der Waals surface area contributed by atoms with E-state index in [4.69, 9.17) is 5.73 Å². The number of halogens is 1. The molecule has 1 aliphatic rings. The molecule has 1 heterocycles. The fourth-order valence-electron chi connectivity index (χ4n) is 1.47. The van der Waals surface area contributed by atoms with Crippen molar-refractivity contribution in [3.63, 3.8) is 0 Å². The van der Waals surface area contributed by atoms with Gasteiger partial charge in [0, 0.05) is 15.4 Å². The second kappa shape index (κ2) is 2.88. The van der Waals surface area contributed by atoms with E-state index in [1.54, 1.807) is 0 Å². The molecule has 0 aliphatic heterocycles. The molecule has 0 atom stereocenters. The van der Waals surface area contributed by atoms with Gasteiger partial charge in [0.1, 0.15) is 0 Å². The number of rotatable bonds is 1. The lowest BCUT2D eigenvalue weighted by molar-refractivity contribution is 0.355. The van der Waals surface area contributed by atoms with Crippen LogP contribution in [0.1, 0.15) is 23.6 Å². The molecule has 0 unspecified atom stereocenters. The first-order valence-electron chi connectivity index (χ1n) is 3.76. The Morgan fingerprint density at radius 2 is 2.27 bits per heavy atom. The van der Waals surface area contributed by atoms with E-state index < -0.39 is 0 Å². The second-order valence-corrected chi connectivity index (χ2v) is 4.86. The van der Waals surface area contributed by atoms with Gasteiger partial charge in [-0.1, -0.05) is 0 Å². The fourth-order valence-corrected chi connectivity index (χ4v) is 3.30. The SMILES string of the molecule is NC1CC(c2sccc2Br)C1. The van der Waals surface area contributed by atoms with Crippen LogP contribution in [-0.4, -0.2) is 6.04 Å². The van der Waals surface area contributed by atoms with Crippen LogP contribution in [0.2, 0.25) is 0 Å².